The third-order valence-electron chi connectivity index (χ3n) is 4.50. The number of rotatable bonds is 5. The van der Waals surface area contributed by atoms with E-state index in [4.69, 9.17) is 16.3 Å². The molecule has 0 radical (unpaired) electrons. The van der Waals surface area contributed by atoms with Crippen molar-refractivity contribution in [2.24, 2.45) is 0 Å². The molecule has 0 spiro atoms. The molecule has 2 aromatic carbocycles. The average Bonchev–Trinajstić information content (AvgIpc) is 2.73. The molecule has 4 aromatic rings. The van der Waals surface area contributed by atoms with Crippen LogP contribution in [0.2, 0.25) is 5.02 Å². The molecule has 1 N–H and O–H groups in total. The number of benzene rings is 2. The lowest BCUT2D eigenvalue weighted by Crippen LogP contribution is -2.09. The predicted octanol–water partition coefficient (Wildman–Crippen LogP) is 6.23. The SMILES string of the molecule is CCC(=O)Nc1ccnc(Oc2ccc3c(-c4ccc(F)cc4Cl)ccnc3c2)c1. The zero-order valence-corrected chi connectivity index (χ0v) is 16.8. The maximum absolute atomic E-state index is 13.4. The first-order chi connectivity index (χ1) is 14.5. The maximum Gasteiger partial charge on any atom is 0.224 e. The Morgan fingerprint density at radius 2 is 1.87 bits per heavy atom. The summed E-state index contributed by atoms with van der Waals surface area (Å²) >= 11 is 6.24. The Balaban J connectivity index is 1.65. The molecule has 2 aromatic heterocycles. The van der Waals surface area contributed by atoms with Gasteiger partial charge < -0.3 is 10.1 Å². The fourth-order valence-electron chi connectivity index (χ4n) is 3.05. The molecule has 2 heterocycles. The van der Waals surface area contributed by atoms with Gasteiger partial charge in [0.25, 0.3) is 0 Å². The molecule has 0 bridgehead atoms. The summed E-state index contributed by atoms with van der Waals surface area (Å²) in [6.07, 6.45) is 3.62. The number of carbonyl (C=O) groups is 1. The molecule has 7 heteroatoms. The quantitative estimate of drug-likeness (QED) is 0.415. The van der Waals surface area contributed by atoms with Gasteiger partial charge >= 0.3 is 0 Å². The van der Waals surface area contributed by atoms with E-state index >= 15 is 0 Å². The molecule has 0 aliphatic rings. The van der Waals surface area contributed by atoms with Gasteiger partial charge in [0.1, 0.15) is 11.6 Å². The van der Waals surface area contributed by atoms with Crippen LogP contribution in [-0.4, -0.2) is 15.9 Å². The van der Waals surface area contributed by atoms with Crippen molar-refractivity contribution >= 4 is 34.1 Å². The second-order valence-corrected chi connectivity index (χ2v) is 6.96. The Morgan fingerprint density at radius 3 is 2.67 bits per heavy atom. The lowest BCUT2D eigenvalue weighted by molar-refractivity contribution is -0.115. The Morgan fingerprint density at radius 1 is 1.03 bits per heavy atom. The summed E-state index contributed by atoms with van der Waals surface area (Å²) in [5, 5.41) is 3.96. The average molecular weight is 422 g/mol. The van der Waals surface area contributed by atoms with Crippen LogP contribution in [0, 0.1) is 5.82 Å². The van der Waals surface area contributed by atoms with E-state index in [2.05, 4.69) is 15.3 Å². The van der Waals surface area contributed by atoms with E-state index in [0.717, 1.165) is 16.5 Å². The number of halogens is 2. The number of nitrogens with one attached hydrogen (secondary N) is 1. The van der Waals surface area contributed by atoms with Crippen molar-refractivity contribution in [1.29, 1.82) is 0 Å². The monoisotopic (exact) mass is 421 g/mol. The van der Waals surface area contributed by atoms with Gasteiger partial charge in [0.15, 0.2) is 0 Å². The highest BCUT2D eigenvalue weighted by Gasteiger charge is 2.11. The van der Waals surface area contributed by atoms with Gasteiger partial charge in [-0.1, -0.05) is 18.5 Å². The largest absolute Gasteiger partial charge is 0.439 e. The molecule has 0 saturated heterocycles. The van der Waals surface area contributed by atoms with Crippen molar-refractivity contribution in [2.45, 2.75) is 13.3 Å². The third kappa shape index (κ3) is 4.23. The van der Waals surface area contributed by atoms with Gasteiger partial charge in [0.2, 0.25) is 11.8 Å². The zero-order chi connectivity index (χ0) is 21.1. The Bertz CT molecular complexity index is 1250. The van der Waals surface area contributed by atoms with E-state index in [1.54, 1.807) is 49.6 Å². The molecular formula is C23H17ClFN3O2. The highest BCUT2D eigenvalue weighted by Crippen LogP contribution is 2.35. The van der Waals surface area contributed by atoms with Crippen LogP contribution in [0.4, 0.5) is 10.1 Å². The molecule has 30 heavy (non-hydrogen) atoms. The van der Waals surface area contributed by atoms with Gasteiger partial charge in [-0.3, -0.25) is 9.78 Å². The molecule has 150 valence electrons. The van der Waals surface area contributed by atoms with E-state index in [1.807, 2.05) is 12.1 Å². The van der Waals surface area contributed by atoms with E-state index in [0.29, 0.717) is 34.3 Å². The topological polar surface area (TPSA) is 64.1 Å². The lowest BCUT2D eigenvalue weighted by Gasteiger charge is -2.11. The molecule has 0 saturated carbocycles. The molecule has 0 aliphatic heterocycles. The fourth-order valence-corrected chi connectivity index (χ4v) is 3.32. The molecule has 0 atom stereocenters. The standard InChI is InChI=1S/C23H17ClFN3O2/c1-2-22(29)28-15-7-9-27-23(12-15)30-16-4-6-19-17(8-10-26-21(19)13-16)18-5-3-14(25)11-20(18)24/h3-13H,2H2,1H3,(H,27,28,29). The van der Waals surface area contributed by atoms with Gasteiger partial charge in [0.05, 0.1) is 10.5 Å². The normalized spacial score (nSPS) is 10.8. The van der Waals surface area contributed by atoms with Crippen LogP contribution < -0.4 is 10.1 Å². The van der Waals surface area contributed by atoms with Crippen molar-refractivity contribution in [3.8, 4) is 22.8 Å². The lowest BCUT2D eigenvalue weighted by atomic mass is 10.0. The summed E-state index contributed by atoms with van der Waals surface area (Å²) in [6.45, 7) is 1.78. The third-order valence-corrected chi connectivity index (χ3v) is 4.81. The number of fused-ring (bicyclic) bond motifs is 1. The number of amides is 1. The summed E-state index contributed by atoms with van der Waals surface area (Å²) in [6, 6.07) is 15.0. The maximum atomic E-state index is 13.4. The predicted molar refractivity (Wildman–Crippen MR) is 115 cm³/mol. The van der Waals surface area contributed by atoms with Crippen molar-refractivity contribution in [3.63, 3.8) is 0 Å². The van der Waals surface area contributed by atoms with Gasteiger partial charge in [-0.25, -0.2) is 9.37 Å². The van der Waals surface area contributed by atoms with Crippen LogP contribution >= 0.6 is 11.6 Å². The number of ether oxygens (including phenoxy) is 1. The minimum atomic E-state index is -0.386. The van der Waals surface area contributed by atoms with Crippen LogP contribution in [0.3, 0.4) is 0 Å². The molecule has 0 unspecified atom stereocenters. The first-order valence-corrected chi connectivity index (χ1v) is 9.69. The molecule has 0 aliphatic carbocycles. The number of hydrogen-bond donors (Lipinski definition) is 1. The minimum absolute atomic E-state index is 0.0889. The van der Waals surface area contributed by atoms with Crippen molar-refractivity contribution in [2.75, 3.05) is 5.32 Å². The number of nitrogens with zero attached hydrogens (tertiary/aromatic N) is 2. The Hall–Kier alpha value is -3.51. The zero-order valence-electron chi connectivity index (χ0n) is 16.0. The van der Waals surface area contributed by atoms with Crippen molar-refractivity contribution in [3.05, 3.63) is 77.8 Å². The van der Waals surface area contributed by atoms with Crippen molar-refractivity contribution < 1.29 is 13.9 Å². The molecular weight excluding hydrogens is 405 g/mol. The van der Waals surface area contributed by atoms with E-state index in [9.17, 15) is 9.18 Å². The summed E-state index contributed by atoms with van der Waals surface area (Å²) in [4.78, 5) is 20.2. The van der Waals surface area contributed by atoms with Gasteiger partial charge in [-0.05, 0) is 48.0 Å². The second kappa shape index (κ2) is 8.47. The van der Waals surface area contributed by atoms with Crippen LogP contribution in [0.25, 0.3) is 22.0 Å². The highest BCUT2D eigenvalue weighted by molar-refractivity contribution is 6.33. The molecule has 5 nitrogen and oxygen atoms in total. The van der Waals surface area contributed by atoms with Crippen LogP contribution in [0.1, 0.15) is 13.3 Å². The van der Waals surface area contributed by atoms with E-state index in [1.165, 1.54) is 12.1 Å². The summed E-state index contributed by atoms with van der Waals surface area (Å²) < 4.78 is 19.3. The van der Waals surface area contributed by atoms with Gasteiger partial charge in [0, 0.05) is 47.6 Å². The van der Waals surface area contributed by atoms with Crippen molar-refractivity contribution in [1.82, 2.24) is 9.97 Å². The van der Waals surface area contributed by atoms with E-state index in [-0.39, 0.29) is 11.7 Å². The molecule has 0 fully saturated rings. The first-order valence-electron chi connectivity index (χ1n) is 9.31. The van der Waals surface area contributed by atoms with E-state index < -0.39 is 0 Å². The van der Waals surface area contributed by atoms with Gasteiger partial charge in [-0.2, -0.15) is 0 Å². The smallest absolute Gasteiger partial charge is 0.224 e. The molecule has 4 rings (SSSR count). The number of carbonyl (C=O) groups excluding carboxylic acids is 1. The number of hydrogen-bond acceptors (Lipinski definition) is 4. The highest BCUT2D eigenvalue weighted by atomic mass is 35.5. The minimum Gasteiger partial charge on any atom is -0.439 e. The summed E-state index contributed by atoms with van der Waals surface area (Å²) in [5.41, 5.74) is 2.87. The fraction of sp³-hybridized carbons (Fsp3) is 0.0870. The number of anilines is 1. The number of pyridine rings is 2. The summed E-state index contributed by atoms with van der Waals surface area (Å²) in [5.74, 6) is 0.418. The molecule has 1 amide bonds. The van der Waals surface area contributed by atoms with Gasteiger partial charge in [-0.15, -0.1) is 0 Å². The second-order valence-electron chi connectivity index (χ2n) is 6.55. The summed E-state index contributed by atoms with van der Waals surface area (Å²) in [7, 11) is 0. The van der Waals surface area contributed by atoms with Crippen LogP contribution in [-0.2, 0) is 4.79 Å². The first kappa shape index (κ1) is 19.8. The van der Waals surface area contributed by atoms with Crippen LogP contribution in [0.15, 0.2) is 67.0 Å². The van der Waals surface area contributed by atoms with Crippen LogP contribution in [0.5, 0.6) is 11.6 Å². The Labute approximate surface area is 177 Å². The number of aromatic nitrogens is 2. The Kier molecular flexibility index (Phi) is 5.59.